The van der Waals surface area contributed by atoms with Crippen molar-refractivity contribution >= 4 is 12.2 Å². The Hall–Kier alpha value is -1.68. The molecule has 2 N–H and O–H groups in total. The van der Waals surface area contributed by atoms with Crippen molar-refractivity contribution in [3.8, 4) is 0 Å². The van der Waals surface area contributed by atoms with Crippen molar-refractivity contribution in [1.29, 1.82) is 0 Å². The molecule has 4 nitrogen and oxygen atoms in total. The first-order valence-corrected chi connectivity index (χ1v) is 3.93. The van der Waals surface area contributed by atoms with Crippen molar-refractivity contribution < 1.29 is 9.59 Å². The smallest absolute Gasteiger partial charge is 0.265 e. The van der Waals surface area contributed by atoms with Crippen LogP contribution in [0, 0.1) is 0 Å². The summed E-state index contributed by atoms with van der Waals surface area (Å²) < 4.78 is 0. The van der Waals surface area contributed by atoms with E-state index in [1.54, 1.807) is 24.3 Å². The highest BCUT2D eigenvalue weighted by atomic mass is 16.2. The molecule has 0 bridgehead atoms. The van der Waals surface area contributed by atoms with Gasteiger partial charge in [0.1, 0.15) is 12.3 Å². The lowest BCUT2D eigenvalue weighted by Gasteiger charge is -2.22. The molecule has 0 saturated heterocycles. The molecule has 66 valence electrons. The van der Waals surface area contributed by atoms with Crippen LogP contribution in [0.2, 0.25) is 0 Å². The first-order valence-electron chi connectivity index (χ1n) is 3.93. The van der Waals surface area contributed by atoms with Crippen LogP contribution in [-0.4, -0.2) is 12.2 Å². The van der Waals surface area contributed by atoms with Crippen molar-refractivity contribution in [1.82, 2.24) is 10.9 Å². The van der Waals surface area contributed by atoms with Crippen LogP contribution < -0.4 is 10.9 Å². The van der Waals surface area contributed by atoms with E-state index in [4.69, 9.17) is 0 Å². The SMILES string of the molecule is O=CC1NNC(=O)c2ccccc21. The van der Waals surface area contributed by atoms with Crippen LogP contribution in [0.5, 0.6) is 0 Å². The summed E-state index contributed by atoms with van der Waals surface area (Å²) >= 11 is 0. The van der Waals surface area contributed by atoms with E-state index in [2.05, 4.69) is 10.9 Å². The Bertz CT molecular complexity index is 362. The van der Waals surface area contributed by atoms with Crippen molar-refractivity contribution in [2.24, 2.45) is 0 Å². The van der Waals surface area contributed by atoms with Gasteiger partial charge in [-0.2, -0.15) is 0 Å². The van der Waals surface area contributed by atoms with Gasteiger partial charge in [0, 0.05) is 5.56 Å². The summed E-state index contributed by atoms with van der Waals surface area (Å²) in [6.07, 6.45) is 0.762. The summed E-state index contributed by atoms with van der Waals surface area (Å²) in [5.41, 5.74) is 6.30. The van der Waals surface area contributed by atoms with Crippen LogP contribution in [0.4, 0.5) is 0 Å². The van der Waals surface area contributed by atoms with Crippen molar-refractivity contribution in [3.05, 3.63) is 35.4 Å². The topological polar surface area (TPSA) is 58.2 Å². The number of carbonyl (C=O) groups excluding carboxylic acids is 2. The molecule has 1 amide bonds. The van der Waals surface area contributed by atoms with Gasteiger partial charge in [-0.15, -0.1) is 0 Å². The molecular weight excluding hydrogens is 168 g/mol. The van der Waals surface area contributed by atoms with Gasteiger partial charge in [-0.05, 0) is 11.6 Å². The number of hydrogen-bond acceptors (Lipinski definition) is 3. The first kappa shape index (κ1) is 7.94. The van der Waals surface area contributed by atoms with Gasteiger partial charge in [0.05, 0.1) is 0 Å². The molecule has 0 fully saturated rings. The molecule has 13 heavy (non-hydrogen) atoms. The maximum atomic E-state index is 11.3. The van der Waals surface area contributed by atoms with Crippen molar-refractivity contribution in [3.63, 3.8) is 0 Å². The second-order valence-electron chi connectivity index (χ2n) is 2.80. The Balaban J connectivity index is 2.53. The summed E-state index contributed by atoms with van der Waals surface area (Å²) in [6, 6.07) is 6.59. The number of carbonyl (C=O) groups is 2. The molecule has 0 saturated carbocycles. The Morgan fingerprint density at radius 1 is 1.31 bits per heavy atom. The molecule has 1 heterocycles. The lowest BCUT2D eigenvalue weighted by molar-refractivity contribution is -0.109. The average molecular weight is 176 g/mol. The molecule has 1 aromatic carbocycles. The number of amides is 1. The Kier molecular flexibility index (Phi) is 1.83. The Morgan fingerprint density at radius 3 is 2.85 bits per heavy atom. The van der Waals surface area contributed by atoms with Crippen LogP contribution in [0.25, 0.3) is 0 Å². The second kappa shape index (κ2) is 2.99. The van der Waals surface area contributed by atoms with E-state index in [9.17, 15) is 9.59 Å². The maximum Gasteiger partial charge on any atom is 0.265 e. The number of nitrogens with one attached hydrogen (secondary N) is 2. The molecule has 1 aliphatic heterocycles. The molecule has 0 aromatic heterocycles. The summed E-state index contributed by atoms with van der Waals surface area (Å²) in [5, 5.41) is 0. The molecule has 1 atom stereocenters. The minimum absolute atomic E-state index is 0.200. The molecule has 1 aromatic rings. The Morgan fingerprint density at radius 2 is 2.08 bits per heavy atom. The summed E-state index contributed by atoms with van der Waals surface area (Å²) in [5.74, 6) is -0.200. The van der Waals surface area contributed by atoms with Gasteiger partial charge in [0.2, 0.25) is 0 Å². The van der Waals surface area contributed by atoms with Crippen LogP contribution in [0.3, 0.4) is 0 Å². The lowest BCUT2D eigenvalue weighted by Crippen LogP contribution is -2.45. The van der Waals surface area contributed by atoms with Gasteiger partial charge in [0.25, 0.3) is 5.91 Å². The minimum atomic E-state index is -0.436. The molecule has 4 heteroatoms. The number of rotatable bonds is 1. The fourth-order valence-electron chi connectivity index (χ4n) is 1.37. The third-order valence-corrected chi connectivity index (χ3v) is 2.02. The highest BCUT2D eigenvalue weighted by molar-refractivity contribution is 5.97. The van der Waals surface area contributed by atoms with E-state index in [0.717, 1.165) is 11.8 Å². The van der Waals surface area contributed by atoms with Crippen molar-refractivity contribution in [2.75, 3.05) is 0 Å². The molecular formula is C9H8N2O2. The van der Waals surface area contributed by atoms with Crippen LogP contribution in [0.15, 0.2) is 24.3 Å². The number of hydrogen-bond donors (Lipinski definition) is 2. The van der Waals surface area contributed by atoms with E-state index >= 15 is 0 Å². The van der Waals surface area contributed by atoms with Crippen molar-refractivity contribution in [2.45, 2.75) is 6.04 Å². The monoisotopic (exact) mass is 176 g/mol. The fraction of sp³-hybridized carbons (Fsp3) is 0.111. The van der Waals surface area contributed by atoms with Gasteiger partial charge in [0.15, 0.2) is 0 Å². The van der Waals surface area contributed by atoms with Gasteiger partial charge < -0.3 is 4.79 Å². The molecule has 0 aliphatic carbocycles. The quantitative estimate of drug-likeness (QED) is 0.600. The third kappa shape index (κ3) is 1.21. The largest absolute Gasteiger partial charge is 0.301 e. The molecule has 1 unspecified atom stereocenters. The number of fused-ring (bicyclic) bond motifs is 1. The minimum Gasteiger partial charge on any atom is -0.301 e. The first-order chi connectivity index (χ1) is 6.33. The van der Waals surface area contributed by atoms with E-state index in [0.29, 0.717) is 5.56 Å². The third-order valence-electron chi connectivity index (χ3n) is 2.02. The standard InChI is InChI=1S/C9H8N2O2/c12-5-8-6-3-1-2-4-7(6)9(13)11-10-8/h1-5,8,10H,(H,11,13). The van der Waals surface area contributed by atoms with E-state index in [1.807, 2.05) is 0 Å². The highest BCUT2D eigenvalue weighted by Crippen LogP contribution is 2.18. The lowest BCUT2D eigenvalue weighted by atomic mass is 10.00. The summed E-state index contributed by atoms with van der Waals surface area (Å²) in [7, 11) is 0. The number of aldehydes is 1. The van der Waals surface area contributed by atoms with Gasteiger partial charge in [-0.1, -0.05) is 18.2 Å². The molecule has 0 radical (unpaired) electrons. The Labute approximate surface area is 74.9 Å². The summed E-state index contributed by atoms with van der Waals surface area (Å²) in [4.78, 5) is 21.9. The van der Waals surface area contributed by atoms with Gasteiger partial charge in [-0.3, -0.25) is 10.2 Å². The number of benzene rings is 1. The normalized spacial score (nSPS) is 20.3. The molecule has 0 spiro atoms. The number of hydrazine groups is 1. The molecule has 2 rings (SSSR count). The molecule has 1 aliphatic rings. The van der Waals surface area contributed by atoms with E-state index in [1.165, 1.54) is 0 Å². The fourth-order valence-corrected chi connectivity index (χ4v) is 1.37. The second-order valence-corrected chi connectivity index (χ2v) is 2.80. The predicted octanol–water partition coefficient (Wildman–Crippen LogP) is 0.175. The van der Waals surface area contributed by atoms with E-state index in [-0.39, 0.29) is 5.91 Å². The van der Waals surface area contributed by atoms with Crippen LogP contribution in [-0.2, 0) is 4.79 Å². The van der Waals surface area contributed by atoms with Gasteiger partial charge >= 0.3 is 0 Å². The zero-order valence-electron chi connectivity index (χ0n) is 6.78. The van der Waals surface area contributed by atoms with E-state index < -0.39 is 6.04 Å². The van der Waals surface area contributed by atoms with Crippen LogP contribution in [0.1, 0.15) is 22.0 Å². The average Bonchev–Trinajstić information content (AvgIpc) is 2.19. The zero-order chi connectivity index (χ0) is 9.26. The zero-order valence-corrected chi connectivity index (χ0v) is 6.78. The van der Waals surface area contributed by atoms with Gasteiger partial charge in [-0.25, -0.2) is 5.43 Å². The predicted molar refractivity (Wildman–Crippen MR) is 45.8 cm³/mol. The summed E-state index contributed by atoms with van der Waals surface area (Å²) in [6.45, 7) is 0. The maximum absolute atomic E-state index is 11.3. The highest BCUT2D eigenvalue weighted by Gasteiger charge is 2.23. The van der Waals surface area contributed by atoms with Crippen LogP contribution >= 0.6 is 0 Å².